The van der Waals surface area contributed by atoms with Crippen molar-refractivity contribution in [3.63, 3.8) is 0 Å². The highest BCUT2D eigenvalue weighted by Gasteiger charge is 2.15. The fourth-order valence-corrected chi connectivity index (χ4v) is 3.29. The molecule has 3 rings (SSSR count). The Kier molecular flexibility index (Phi) is 5.09. The molecule has 0 fully saturated rings. The number of sulfone groups is 1. The van der Waals surface area contributed by atoms with Crippen molar-refractivity contribution in [2.45, 2.75) is 25.2 Å². The van der Waals surface area contributed by atoms with E-state index in [4.69, 9.17) is 4.42 Å². The monoisotopic (exact) mass is 385 g/mol. The number of anilines is 1. The Bertz CT molecular complexity index is 1100. The lowest BCUT2D eigenvalue weighted by Crippen LogP contribution is -2.13. The second-order valence-corrected chi connectivity index (χ2v) is 8.38. The Labute approximate surface area is 157 Å². The summed E-state index contributed by atoms with van der Waals surface area (Å²) in [4.78, 5) is 12.4. The van der Waals surface area contributed by atoms with Gasteiger partial charge >= 0.3 is 6.01 Å². The minimum Gasteiger partial charge on any atom is -0.407 e. The third-order valence-electron chi connectivity index (χ3n) is 4.05. The van der Waals surface area contributed by atoms with Gasteiger partial charge in [0.1, 0.15) is 0 Å². The number of hydrogen-bond acceptors (Lipinski definition) is 6. The summed E-state index contributed by atoms with van der Waals surface area (Å²) in [5, 5.41) is 10.3. The minimum atomic E-state index is -3.40. The summed E-state index contributed by atoms with van der Waals surface area (Å²) in [5.74, 6) is -0.149. The van der Waals surface area contributed by atoms with Gasteiger partial charge in [0.15, 0.2) is 9.84 Å². The van der Waals surface area contributed by atoms with Gasteiger partial charge in [-0.3, -0.25) is 10.1 Å². The highest BCUT2D eigenvalue weighted by Crippen LogP contribution is 2.17. The van der Waals surface area contributed by atoms with Gasteiger partial charge < -0.3 is 4.42 Å². The van der Waals surface area contributed by atoms with Gasteiger partial charge in [-0.25, -0.2) is 8.42 Å². The van der Waals surface area contributed by atoms with Gasteiger partial charge in [0, 0.05) is 11.8 Å². The van der Waals surface area contributed by atoms with Crippen molar-refractivity contribution in [1.82, 2.24) is 10.2 Å². The van der Waals surface area contributed by atoms with Crippen LogP contribution in [0.2, 0.25) is 0 Å². The van der Waals surface area contributed by atoms with Gasteiger partial charge in [0.25, 0.3) is 5.91 Å². The summed E-state index contributed by atoms with van der Waals surface area (Å²) >= 11 is 0. The zero-order valence-corrected chi connectivity index (χ0v) is 16.0. The van der Waals surface area contributed by atoms with Crippen LogP contribution in [0.3, 0.4) is 0 Å². The Morgan fingerprint density at radius 2 is 1.89 bits per heavy atom. The van der Waals surface area contributed by atoms with E-state index in [1.54, 1.807) is 0 Å². The number of nitrogens with one attached hydrogen (secondary N) is 1. The maximum Gasteiger partial charge on any atom is 0.322 e. The first-order valence-corrected chi connectivity index (χ1v) is 10.1. The summed E-state index contributed by atoms with van der Waals surface area (Å²) in [7, 11) is -3.40. The minimum absolute atomic E-state index is 0.0375. The van der Waals surface area contributed by atoms with E-state index in [2.05, 4.69) is 21.6 Å². The molecule has 1 amide bonds. The van der Waals surface area contributed by atoms with E-state index in [1.165, 1.54) is 29.8 Å². The normalized spacial score (nSPS) is 11.4. The van der Waals surface area contributed by atoms with Crippen molar-refractivity contribution >= 4 is 21.8 Å². The van der Waals surface area contributed by atoms with Crippen LogP contribution in [0.1, 0.15) is 32.9 Å². The lowest BCUT2D eigenvalue weighted by molar-refractivity contribution is 0.102. The van der Waals surface area contributed by atoms with Gasteiger partial charge in [-0.05, 0) is 43.2 Å². The highest BCUT2D eigenvalue weighted by molar-refractivity contribution is 7.90. The molecule has 0 aliphatic heterocycles. The van der Waals surface area contributed by atoms with Gasteiger partial charge in [-0.2, -0.15) is 0 Å². The molecule has 1 heterocycles. The van der Waals surface area contributed by atoms with Crippen LogP contribution in [-0.2, 0) is 16.3 Å². The van der Waals surface area contributed by atoms with Crippen molar-refractivity contribution in [2.24, 2.45) is 0 Å². The second-order valence-electron chi connectivity index (χ2n) is 6.36. The van der Waals surface area contributed by atoms with E-state index in [0.717, 1.165) is 17.4 Å². The number of rotatable bonds is 5. The third-order valence-corrected chi connectivity index (χ3v) is 5.16. The molecule has 0 saturated heterocycles. The first kappa shape index (κ1) is 18.8. The van der Waals surface area contributed by atoms with Crippen LogP contribution in [0, 0.1) is 13.8 Å². The molecule has 140 valence electrons. The third kappa shape index (κ3) is 4.59. The molecule has 0 spiro atoms. The molecule has 8 heteroatoms. The summed E-state index contributed by atoms with van der Waals surface area (Å²) < 4.78 is 28.7. The summed E-state index contributed by atoms with van der Waals surface area (Å²) in [6, 6.07) is 11.8. The van der Waals surface area contributed by atoms with Crippen molar-refractivity contribution < 1.29 is 17.6 Å². The summed E-state index contributed by atoms with van der Waals surface area (Å²) in [5.41, 5.74) is 3.54. The molecule has 1 N–H and O–H groups in total. The van der Waals surface area contributed by atoms with Crippen LogP contribution in [-0.4, -0.2) is 30.8 Å². The first-order valence-electron chi connectivity index (χ1n) is 8.22. The fraction of sp³-hybridized carbons (Fsp3) is 0.211. The Hall–Kier alpha value is -3.00. The number of aryl methyl sites for hydroxylation is 2. The average molecular weight is 385 g/mol. The van der Waals surface area contributed by atoms with E-state index < -0.39 is 15.7 Å². The van der Waals surface area contributed by atoms with E-state index in [1.807, 2.05) is 26.0 Å². The van der Waals surface area contributed by atoms with Crippen LogP contribution < -0.4 is 5.32 Å². The molecule has 0 radical (unpaired) electrons. The standard InChI is InChI=1S/C19H19N3O4S/c1-12-7-8-14(13(2)9-12)11-17-21-22-19(26-17)20-18(23)15-5-4-6-16(10-15)27(3,24)25/h4-10H,11H2,1-3H3,(H,20,22,23). The van der Waals surface area contributed by atoms with E-state index >= 15 is 0 Å². The van der Waals surface area contributed by atoms with E-state index in [9.17, 15) is 13.2 Å². The smallest absolute Gasteiger partial charge is 0.322 e. The van der Waals surface area contributed by atoms with Gasteiger partial charge in [-0.1, -0.05) is 34.9 Å². The van der Waals surface area contributed by atoms with Crippen LogP contribution in [0.15, 0.2) is 51.8 Å². The average Bonchev–Trinajstić information content (AvgIpc) is 3.04. The molecule has 3 aromatic rings. The first-order chi connectivity index (χ1) is 12.7. The van der Waals surface area contributed by atoms with Gasteiger partial charge in [-0.15, -0.1) is 5.10 Å². The molecule has 0 aliphatic carbocycles. The van der Waals surface area contributed by atoms with E-state index in [0.29, 0.717) is 12.3 Å². The van der Waals surface area contributed by atoms with Crippen LogP contribution >= 0.6 is 0 Å². The molecule has 7 nitrogen and oxygen atoms in total. The van der Waals surface area contributed by atoms with Gasteiger partial charge in [0.05, 0.1) is 11.3 Å². The van der Waals surface area contributed by atoms with Crippen molar-refractivity contribution in [3.05, 3.63) is 70.6 Å². The number of carbonyl (C=O) groups excluding carboxylic acids is 1. The predicted octanol–water partition coefficient (Wildman–Crippen LogP) is 2.93. The highest BCUT2D eigenvalue weighted by atomic mass is 32.2. The molecule has 1 aromatic heterocycles. The molecule has 2 aromatic carbocycles. The summed E-state index contributed by atoms with van der Waals surface area (Å²) in [6.07, 6.45) is 1.54. The molecule has 27 heavy (non-hydrogen) atoms. The van der Waals surface area contributed by atoms with Crippen molar-refractivity contribution in [1.29, 1.82) is 0 Å². The number of nitrogens with zero attached hydrogens (tertiary/aromatic N) is 2. The maximum atomic E-state index is 12.3. The second kappa shape index (κ2) is 7.32. The molecule has 0 atom stereocenters. The van der Waals surface area contributed by atoms with Crippen LogP contribution in [0.5, 0.6) is 0 Å². The zero-order valence-electron chi connectivity index (χ0n) is 15.2. The number of hydrogen-bond donors (Lipinski definition) is 1. The summed E-state index contributed by atoms with van der Waals surface area (Å²) in [6.45, 7) is 4.03. The van der Waals surface area contributed by atoms with Crippen LogP contribution in [0.4, 0.5) is 6.01 Å². The molecule has 0 unspecified atom stereocenters. The SMILES string of the molecule is Cc1ccc(Cc2nnc(NC(=O)c3cccc(S(C)(=O)=O)c3)o2)c(C)c1. The Balaban J connectivity index is 1.73. The topological polar surface area (TPSA) is 102 Å². The molecular formula is C19H19N3O4S. The van der Waals surface area contributed by atoms with E-state index in [-0.39, 0.29) is 16.5 Å². The largest absolute Gasteiger partial charge is 0.407 e. The van der Waals surface area contributed by atoms with Gasteiger partial charge in [0.2, 0.25) is 5.89 Å². The fourth-order valence-electron chi connectivity index (χ4n) is 2.62. The molecule has 0 saturated carbocycles. The zero-order chi connectivity index (χ0) is 19.6. The van der Waals surface area contributed by atoms with Crippen LogP contribution in [0.25, 0.3) is 0 Å². The molecule has 0 bridgehead atoms. The quantitative estimate of drug-likeness (QED) is 0.724. The number of benzene rings is 2. The predicted molar refractivity (Wildman–Crippen MR) is 101 cm³/mol. The lowest BCUT2D eigenvalue weighted by atomic mass is 10.0. The number of aromatic nitrogens is 2. The maximum absolute atomic E-state index is 12.3. The molecular weight excluding hydrogens is 366 g/mol. The Morgan fingerprint density at radius 3 is 2.59 bits per heavy atom. The van der Waals surface area contributed by atoms with Crippen molar-refractivity contribution in [2.75, 3.05) is 11.6 Å². The van der Waals surface area contributed by atoms with Crippen molar-refractivity contribution in [3.8, 4) is 0 Å². The molecule has 0 aliphatic rings. The Morgan fingerprint density at radius 1 is 1.11 bits per heavy atom. The number of amides is 1. The number of carbonyl (C=O) groups is 1. The lowest BCUT2D eigenvalue weighted by Gasteiger charge is -2.04.